The lowest BCUT2D eigenvalue weighted by Gasteiger charge is -2.54. The number of halogens is 1. The van der Waals surface area contributed by atoms with E-state index in [1.165, 1.54) is 51.0 Å². The van der Waals surface area contributed by atoms with Crippen LogP contribution in [-0.2, 0) is 17.9 Å². The lowest BCUT2D eigenvalue weighted by Crippen LogP contribution is -2.59. The maximum absolute atomic E-state index is 9.44. The van der Waals surface area contributed by atoms with Crippen molar-refractivity contribution < 1.29 is 4.79 Å². The average Bonchev–Trinajstić information content (AvgIpc) is 3.07. The van der Waals surface area contributed by atoms with Gasteiger partial charge < -0.3 is 10.1 Å². The molecule has 2 aliphatic heterocycles. The molecule has 3 aliphatic rings. The van der Waals surface area contributed by atoms with Crippen LogP contribution >= 0.6 is 11.6 Å². The fraction of sp³-hybridized carbons (Fsp3) is 0.654. The quantitative estimate of drug-likeness (QED) is 0.545. The smallest absolute Gasteiger partial charge is 0.151 e. The molecule has 0 amide bonds. The van der Waals surface area contributed by atoms with Gasteiger partial charge in [0.05, 0.1) is 12.2 Å². The number of nitrogens with one attached hydrogen (secondary N) is 1. The molecule has 1 saturated heterocycles. The van der Waals surface area contributed by atoms with Gasteiger partial charge in [0.15, 0.2) is 5.82 Å². The Balaban J connectivity index is 0.000000479. The molecule has 1 aliphatic carbocycles. The van der Waals surface area contributed by atoms with Crippen LogP contribution in [0.1, 0.15) is 91.4 Å². The molecule has 5 rings (SSSR count). The number of aromatic nitrogens is 3. The molecular formula is C26H44ClN5O. The van der Waals surface area contributed by atoms with Gasteiger partial charge in [0, 0.05) is 30.6 Å². The second kappa shape index (κ2) is 13.8. The van der Waals surface area contributed by atoms with Crippen LogP contribution in [0.15, 0.2) is 18.2 Å². The summed E-state index contributed by atoms with van der Waals surface area (Å²) in [5.41, 5.74) is 2.99. The van der Waals surface area contributed by atoms with Gasteiger partial charge in [0.2, 0.25) is 0 Å². The second-order valence-electron chi connectivity index (χ2n) is 8.37. The Kier molecular flexibility index (Phi) is 12.3. The van der Waals surface area contributed by atoms with Gasteiger partial charge in [-0.3, -0.25) is 9.47 Å². The Morgan fingerprint density at radius 2 is 1.61 bits per heavy atom. The van der Waals surface area contributed by atoms with Crippen molar-refractivity contribution in [2.45, 2.75) is 87.2 Å². The predicted molar refractivity (Wildman–Crippen MR) is 139 cm³/mol. The summed E-state index contributed by atoms with van der Waals surface area (Å²) in [6, 6.07) is 6.16. The maximum atomic E-state index is 9.44. The molecule has 1 saturated carbocycles. The molecule has 186 valence electrons. The first kappa shape index (κ1) is 29.3. The third-order valence-corrected chi connectivity index (χ3v) is 5.85. The minimum atomic E-state index is 0.167. The molecule has 1 aromatic carbocycles. The van der Waals surface area contributed by atoms with E-state index in [0.717, 1.165) is 29.8 Å². The highest BCUT2D eigenvalue weighted by molar-refractivity contribution is 6.30. The molecule has 7 heteroatoms. The van der Waals surface area contributed by atoms with Gasteiger partial charge in [-0.1, -0.05) is 53.1 Å². The van der Waals surface area contributed by atoms with Crippen molar-refractivity contribution in [3.8, 4) is 5.69 Å². The summed E-state index contributed by atoms with van der Waals surface area (Å²) >= 11 is 6.22. The summed E-state index contributed by atoms with van der Waals surface area (Å²) in [5.74, 6) is 2.87. The Morgan fingerprint density at radius 3 is 2.12 bits per heavy atom. The van der Waals surface area contributed by atoms with Crippen LogP contribution in [-0.4, -0.2) is 45.6 Å². The van der Waals surface area contributed by atoms with E-state index < -0.39 is 0 Å². The lowest BCUT2D eigenvalue weighted by molar-refractivity contribution is -0.114. The molecule has 33 heavy (non-hydrogen) atoms. The van der Waals surface area contributed by atoms with Crippen LogP contribution in [0.25, 0.3) is 5.69 Å². The number of carbonyl (C=O) groups excluding carboxylic acids is 1. The van der Waals surface area contributed by atoms with Crippen molar-refractivity contribution in [3.63, 3.8) is 0 Å². The molecular weight excluding hydrogens is 434 g/mol. The molecule has 1 N–H and O–H groups in total. The predicted octanol–water partition coefficient (Wildman–Crippen LogP) is 6.01. The van der Waals surface area contributed by atoms with Crippen molar-refractivity contribution >= 4 is 17.4 Å². The second-order valence-corrected chi connectivity index (χ2v) is 8.81. The highest BCUT2D eigenvalue weighted by atomic mass is 35.5. The van der Waals surface area contributed by atoms with Crippen molar-refractivity contribution in [1.29, 1.82) is 0 Å². The molecule has 0 atom stereocenters. The summed E-state index contributed by atoms with van der Waals surface area (Å²) in [6.07, 6.45) is 2.47. The average molecular weight is 478 g/mol. The standard InChI is InChI=1S/C17H20ClN5.C3H6O.3C2H6/c1-22-7-11-4-13(18)2-3-14(11)23-15(8-22)20-21-16(23)12-5-17(6-12)9-19-10-17;1-3(2)4;3*1-2/h2-4,12,19H,5-10H2,1H3;1-2H3;3*1-2H3. The van der Waals surface area contributed by atoms with Crippen LogP contribution in [0.2, 0.25) is 5.02 Å². The zero-order valence-corrected chi connectivity index (χ0v) is 22.9. The van der Waals surface area contributed by atoms with Crippen molar-refractivity contribution in [2.75, 3.05) is 20.1 Å². The first-order chi connectivity index (χ1) is 15.9. The number of rotatable bonds is 1. The van der Waals surface area contributed by atoms with Crippen LogP contribution < -0.4 is 5.32 Å². The van der Waals surface area contributed by atoms with Gasteiger partial charge in [0.1, 0.15) is 11.6 Å². The van der Waals surface area contributed by atoms with Crippen LogP contribution in [0.3, 0.4) is 0 Å². The minimum Gasteiger partial charge on any atom is -0.316 e. The van der Waals surface area contributed by atoms with E-state index in [1.54, 1.807) is 0 Å². The minimum absolute atomic E-state index is 0.167. The number of benzene rings is 1. The van der Waals surface area contributed by atoms with Crippen molar-refractivity contribution in [1.82, 2.24) is 25.0 Å². The summed E-state index contributed by atoms with van der Waals surface area (Å²) in [4.78, 5) is 11.7. The van der Waals surface area contributed by atoms with E-state index in [0.29, 0.717) is 11.3 Å². The number of carbonyl (C=O) groups is 1. The van der Waals surface area contributed by atoms with Crippen molar-refractivity contribution in [2.24, 2.45) is 5.41 Å². The van der Waals surface area contributed by atoms with Gasteiger partial charge in [-0.25, -0.2) is 0 Å². The number of ketones is 1. The summed E-state index contributed by atoms with van der Waals surface area (Å²) in [7, 11) is 2.12. The van der Waals surface area contributed by atoms with E-state index in [1.807, 2.05) is 47.6 Å². The Hall–Kier alpha value is -1.76. The molecule has 3 heterocycles. The first-order valence-corrected chi connectivity index (χ1v) is 12.8. The SMILES string of the molecule is CC.CC.CC.CC(C)=O.CN1Cc2cc(Cl)ccc2-n2c(nnc2C2CC3(CNC3)C2)C1. The number of Topliss-reactive ketones (excluding diaryl/α,β-unsaturated/α-hetero) is 1. The van der Waals surface area contributed by atoms with Gasteiger partial charge in [0.25, 0.3) is 0 Å². The Bertz CT molecular complexity index is 864. The van der Waals surface area contributed by atoms with Crippen LogP contribution in [0.4, 0.5) is 0 Å². The summed E-state index contributed by atoms with van der Waals surface area (Å²) in [5, 5.41) is 13.3. The zero-order valence-electron chi connectivity index (χ0n) is 22.1. The Labute approximate surface area is 206 Å². The van der Waals surface area contributed by atoms with E-state index >= 15 is 0 Å². The number of hydrogen-bond donors (Lipinski definition) is 1. The van der Waals surface area contributed by atoms with Gasteiger partial charge in [-0.2, -0.15) is 0 Å². The normalized spacial score (nSPS) is 17.3. The number of hydrogen-bond acceptors (Lipinski definition) is 5. The molecule has 1 aromatic heterocycles. The molecule has 2 aromatic rings. The van der Waals surface area contributed by atoms with Crippen LogP contribution in [0, 0.1) is 5.41 Å². The monoisotopic (exact) mass is 477 g/mol. The first-order valence-electron chi connectivity index (χ1n) is 12.5. The third-order valence-electron chi connectivity index (χ3n) is 5.61. The van der Waals surface area contributed by atoms with E-state index in [-0.39, 0.29) is 5.78 Å². The summed E-state index contributed by atoms with van der Waals surface area (Å²) in [6.45, 7) is 19.1. The van der Waals surface area contributed by atoms with Gasteiger partial charge >= 0.3 is 0 Å². The largest absolute Gasteiger partial charge is 0.316 e. The number of fused-ring (bicyclic) bond motifs is 3. The molecule has 1 spiro atoms. The van der Waals surface area contributed by atoms with Gasteiger partial charge in [-0.05, 0) is 62.9 Å². The molecule has 0 unspecified atom stereocenters. The number of nitrogens with zero attached hydrogens (tertiary/aromatic N) is 4. The van der Waals surface area contributed by atoms with Crippen LogP contribution in [0.5, 0.6) is 0 Å². The molecule has 6 nitrogen and oxygen atoms in total. The zero-order chi connectivity index (χ0) is 25.2. The highest BCUT2D eigenvalue weighted by Crippen LogP contribution is 2.53. The molecule has 0 bridgehead atoms. The topological polar surface area (TPSA) is 63.1 Å². The third kappa shape index (κ3) is 7.11. The fourth-order valence-corrected chi connectivity index (χ4v) is 4.58. The molecule has 0 radical (unpaired) electrons. The maximum Gasteiger partial charge on any atom is 0.151 e. The van der Waals surface area contributed by atoms with Gasteiger partial charge in [-0.15, -0.1) is 10.2 Å². The molecule has 2 fully saturated rings. The summed E-state index contributed by atoms with van der Waals surface area (Å²) < 4.78 is 2.29. The van der Waals surface area contributed by atoms with E-state index in [9.17, 15) is 4.79 Å². The lowest BCUT2D eigenvalue weighted by atomic mass is 9.58. The highest BCUT2D eigenvalue weighted by Gasteiger charge is 2.50. The Morgan fingerprint density at radius 1 is 1.03 bits per heavy atom. The fourth-order valence-electron chi connectivity index (χ4n) is 4.38. The van der Waals surface area contributed by atoms with E-state index in [4.69, 9.17) is 11.6 Å². The van der Waals surface area contributed by atoms with Crippen molar-refractivity contribution in [3.05, 3.63) is 40.4 Å². The van der Waals surface area contributed by atoms with E-state index in [2.05, 4.69) is 44.2 Å².